The van der Waals surface area contributed by atoms with Gasteiger partial charge in [0, 0.05) is 59.2 Å². The zero-order valence-corrected chi connectivity index (χ0v) is 47.3. The van der Waals surface area contributed by atoms with Gasteiger partial charge >= 0.3 is 0 Å². The molecule has 10 heteroatoms. The van der Waals surface area contributed by atoms with Gasteiger partial charge in [0.15, 0.2) is 28.9 Å². The fourth-order valence-corrected chi connectivity index (χ4v) is 8.31. The molecule has 0 N–H and O–H groups in total. The molecule has 10 nitrogen and oxygen atoms in total. The van der Waals surface area contributed by atoms with E-state index < -0.39 is 27.1 Å². The largest absolute Gasteiger partial charge is 0.485 e. The SMILES string of the molecule is CC(C)(C)C(=O)COc1c2cccc1Cc1cccc(c1OCC(=O)C(C)(C)C)Cc1cccc(c1OCC(=O)C(C)(C)C)Cc1cccc(c1OCC(=O)C(C)(C)C)Cc1cccc(c1OCC(=O)C(C)(C)C)C2. The van der Waals surface area contributed by atoms with Crippen LogP contribution in [0.3, 0.4) is 0 Å². The van der Waals surface area contributed by atoms with Gasteiger partial charge in [0.25, 0.3) is 0 Å². The van der Waals surface area contributed by atoms with E-state index in [1.165, 1.54) is 0 Å². The highest BCUT2D eigenvalue weighted by atomic mass is 16.5. The Bertz CT molecular complexity index is 2360. The van der Waals surface area contributed by atoms with Crippen LogP contribution in [-0.4, -0.2) is 62.0 Å². The van der Waals surface area contributed by atoms with E-state index in [2.05, 4.69) is 0 Å². The van der Waals surface area contributed by atoms with Gasteiger partial charge < -0.3 is 23.7 Å². The molecular weight excluding hydrogens is 941 g/mol. The quantitative estimate of drug-likeness (QED) is 0.0979. The second-order valence-corrected chi connectivity index (χ2v) is 25.2. The van der Waals surface area contributed by atoms with Crippen LogP contribution in [0.2, 0.25) is 0 Å². The second kappa shape index (κ2) is 23.1. The van der Waals surface area contributed by atoms with E-state index in [0.29, 0.717) is 60.9 Å². The molecule has 5 aromatic rings. The van der Waals surface area contributed by atoms with Crippen molar-refractivity contribution in [2.24, 2.45) is 27.1 Å². The van der Waals surface area contributed by atoms with Crippen molar-refractivity contribution in [2.45, 2.75) is 136 Å². The monoisotopic (exact) mass is 1020 g/mol. The van der Waals surface area contributed by atoms with Crippen LogP contribution >= 0.6 is 0 Å². The molecule has 0 heterocycles. The lowest BCUT2D eigenvalue weighted by atomic mass is 9.90. The third-order valence-corrected chi connectivity index (χ3v) is 13.7. The van der Waals surface area contributed by atoms with Crippen LogP contribution in [0.15, 0.2) is 91.0 Å². The number of rotatable bonds is 15. The lowest BCUT2D eigenvalue weighted by Gasteiger charge is -2.24. The maximum absolute atomic E-state index is 13.6. The topological polar surface area (TPSA) is 132 Å². The molecule has 6 rings (SSSR count). The standard InChI is InChI=1S/C65H80O10/c1-61(2,3)51(66)36-71-56-41-21-16-22-42(56)32-44-24-18-26-46(58(44)73-38-53(68)63(7,8)9)34-48-28-20-30-50(60(48)75-40-55(70)65(13,14)15)35-49-29-19-27-47(59(49)74-39-54(69)64(10,11)12)33-45-25-17-23-43(31-41)57(45)72-37-52(67)62(4,5)6/h16-30H,31-40H2,1-15H3. The number of ketones is 5. The fourth-order valence-electron chi connectivity index (χ4n) is 8.31. The van der Waals surface area contributed by atoms with Gasteiger partial charge in [-0.25, -0.2) is 0 Å². The maximum atomic E-state index is 13.6. The van der Waals surface area contributed by atoms with E-state index in [9.17, 15) is 24.0 Å². The highest BCUT2D eigenvalue weighted by Crippen LogP contribution is 2.40. The molecule has 400 valence electrons. The Kier molecular flexibility index (Phi) is 17.8. The minimum Gasteiger partial charge on any atom is -0.485 e. The summed E-state index contributed by atoms with van der Waals surface area (Å²) in [4.78, 5) is 68.2. The number of hydrogen-bond donors (Lipinski definition) is 0. The zero-order valence-electron chi connectivity index (χ0n) is 47.3. The van der Waals surface area contributed by atoms with Gasteiger partial charge in [-0.15, -0.1) is 0 Å². The number of ether oxygens (including phenoxy) is 5. The van der Waals surface area contributed by atoms with Crippen LogP contribution in [-0.2, 0) is 56.1 Å². The summed E-state index contributed by atoms with van der Waals surface area (Å²) >= 11 is 0. The Morgan fingerprint density at radius 3 is 0.493 bits per heavy atom. The predicted molar refractivity (Wildman–Crippen MR) is 296 cm³/mol. The van der Waals surface area contributed by atoms with Crippen LogP contribution < -0.4 is 23.7 Å². The molecule has 0 saturated carbocycles. The van der Waals surface area contributed by atoms with E-state index >= 15 is 0 Å². The molecule has 0 fully saturated rings. The van der Waals surface area contributed by atoms with E-state index in [4.69, 9.17) is 23.7 Å². The van der Waals surface area contributed by atoms with E-state index in [0.717, 1.165) is 55.6 Å². The zero-order chi connectivity index (χ0) is 55.3. The third kappa shape index (κ3) is 15.1. The van der Waals surface area contributed by atoms with Crippen molar-refractivity contribution < 1.29 is 47.7 Å². The summed E-state index contributed by atoms with van der Waals surface area (Å²) in [5, 5.41) is 0. The molecule has 75 heavy (non-hydrogen) atoms. The van der Waals surface area contributed by atoms with Crippen LogP contribution in [0.5, 0.6) is 28.7 Å². The van der Waals surface area contributed by atoms with Gasteiger partial charge in [-0.3, -0.25) is 24.0 Å². The number of benzene rings is 5. The molecule has 0 radical (unpaired) electrons. The van der Waals surface area contributed by atoms with Crippen molar-refractivity contribution in [3.8, 4) is 28.7 Å². The average molecular weight is 1020 g/mol. The highest BCUT2D eigenvalue weighted by molar-refractivity contribution is 5.87. The minimum absolute atomic E-state index is 0.0722. The first-order valence-corrected chi connectivity index (χ1v) is 26.3. The Morgan fingerprint density at radius 1 is 0.267 bits per heavy atom. The molecule has 0 atom stereocenters. The van der Waals surface area contributed by atoms with E-state index in [1.54, 1.807) is 0 Å². The number of carbonyl (C=O) groups is 5. The summed E-state index contributed by atoms with van der Waals surface area (Å²) in [6.07, 6.45) is 1.61. The Balaban J connectivity index is 1.67. The Morgan fingerprint density at radius 2 is 0.387 bits per heavy atom. The molecule has 5 aromatic carbocycles. The average Bonchev–Trinajstić information content (AvgIpc) is 3.30. The molecule has 1 aliphatic carbocycles. The second-order valence-electron chi connectivity index (χ2n) is 25.2. The molecule has 0 saturated heterocycles. The van der Waals surface area contributed by atoms with Gasteiger partial charge in [-0.05, 0) is 55.6 Å². The summed E-state index contributed by atoms with van der Waals surface area (Å²) in [6.45, 7) is 27.2. The first-order valence-electron chi connectivity index (χ1n) is 26.3. The number of Topliss-reactive ketones (excluding diaryl/α,β-unsaturated/α-hetero) is 5. The summed E-state index contributed by atoms with van der Waals surface area (Å²) in [5.74, 6) is 2.31. The Labute approximate surface area is 446 Å². The lowest BCUT2D eigenvalue weighted by molar-refractivity contribution is -0.129. The van der Waals surface area contributed by atoms with Crippen molar-refractivity contribution in [3.05, 3.63) is 147 Å². The molecular formula is C65H80O10. The number of fused-ring (bicyclic) bond motifs is 10. The van der Waals surface area contributed by atoms with Gasteiger partial charge in [-0.1, -0.05) is 195 Å². The molecule has 10 bridgehead atoms. The van der Waals surface area contributed by atoms with Gasteiger partial charge in [0.2, 0.25) is 0 Å². The van der Waals surface area contributed by atoms with Gasteiger partial charge in [0.05, 0.1) is 0 Å². The third-order valence-electron chi connectivity index (χ3n) is 13.7. The molecule has 0 amide bonds. The van der Waals surface area contributed by atoms with Crippen molar-refractivity contribution >= 4 is 28.9 Å². The van der Waals surface area contributed by atoms with Crippen molar-refractivity contribution in [2.75, 3.05) is 33.0 Å². The summed E-state index contributed by atoms with van der Waals surface area (Å²) in [6, 6.07) is 29.7. The van der Waals surface area contributed by atoms with Crippen LogP contribution in [0.4, 0.5) is 0 Å². The van der Waals surface area contributed by atoms with E-state index in [1.807, 2.05) is 195 Å². The van der Waals surface area contributed by atoms with E-state index in [-0.39, 0.29) is 62.0 Å². The normalized spacial score (nSPS) is 13.3. The highest BCUT2D eigenvalue weighted by Gasteiger charge is 2.30. The van der Waals surface area contributed by atoms with Crippen LogP contribution in [0.1, 0.15) is 159 Å². The lowest BCUT2D eigenvalue weighted by Crippen LogP contribution is -2.27. The molecule has 0 unspecified atom stereocenters. The number of para-hydroxylation sites is 5. The van der Waals surface area contributed by atoms with Crippen LogP contribution in [0, 0.1) is 27.1 Å². The number of hydrogen-bond acceptors (Lipinski definition) is 10. The summed E-state index contributed by atoms with van der Waals surface area (Å²) < 4.78 is 33.4. The minimum atomic E-state index is -0.665. The van der Waals surface area contributed by atoms with Crippen molar-refractivity contribution in [1.29, 1.82) is 0 Å². The fraction of sp³-hybridized carbons (Fsp3) is 0.462. The number of carbonyl (C=O) groups excluding carboxylic acids is 5. The van der Waals surface area contributed by atoms with Crippen molar-refractivity contribution in [1.82, 2.24) is 0 Å². The first kappa shape index (κ1) is 57.7. The molecule has 0 aromatic heterocycles. The van der Waals surface area contributed by atoms with Gasteiger partial charge in [-0.2, -0.15) is 0 Å². The maximum Gasteiger partial charge on any atom is 0.175 e. The first-order chi connectivity index (χ1) is 34.9. The summed E-state index contributed by atoms with van der Waals surface area (Å²) in [7, 11) is 0. The smallest absolute Gasteiger partial charge is 0.175 e. The van der Waals surface area contributed by atoms with Crippen LogP contribution in [0.25, 0.3) is 0 Å². The predicted octanol–water partition coefficient (Wildman–Crippen LogP) is 12.9. The Hall–Kier alpha value is -6.55. The molecule has 0 aliphatic heterocycles. The summed E-state index contributed by atoms with van der Waals surface area (Å²) in [5.41, 5.74) is 4.63. The van der Waals surface area contributed by atoms with Crippen molar-refractivity contribution in [3.63, 3.8) is 0 Å². The molecule has 0 spiro atoms. The van der Waals surface area contributed by atoms with Gasteiger partial charge in [0.1, 0.15) is 61.8 Å². The molecule has 1 aliphatic rings.